The average molecular weight is 1230 g/mol. The largest absolute Gasteiger partial charge is 0.606 e. The average Bonchev–Trinajstić information content (AvgIpc) is 4.30. The van der Waals surface area contributed by atoms with Crippen molar-refractivity contribution >= 4 is 84.4 Å². The van der Waals surface area contributed by atoms with Crippen molar-refractivity contribution in [3.05, 3.63) is 96.3 Å². The van der Waals surface area contributed by atoms with Crippen LogP contribution in [0.4, 0.5) is 17.2 Å². The van der Waals surface area contributed by atoms with Crippen molar-refractivity contribution in [1.29, 1.82) is 0 Å². The van der Waals surface area contributed by atoms with Crippen molar-refractivity contribution < 1.29 is 92.2 Å². The quantitative estimate of drug-likeness (QED) is 0.0122. The topological polar surface area (TPSA) is 401 Å². The molecule has 2 unspecified atom stereocenters. The summed E-state index contributed by atoms with van der Waals surface area (Å²) in [7, 11) is -25.6. The molecule has 3 aliphatic rings. The number of benzene rings is 2. The lowest BCUT2D eigenvalue weighted by molar-refractivity contribution is -0.438. The van der Waals surface area contributed by atoms with Crippen LogP contribution in [-0.4, -0.2) is 131 Å². The summed E-state index contributed by atoms with van der Waals surface area (Å²) in [5, 5.41) is 16.8. The number of phosphoric ester groups is 1. The van der Waals surface area contributed by atoms with Crippen LogP contribution in [0.15, 0.2) is 94.9 Å². The first-order valence-corrected chi connectivity index (χ1v) is 33.2. The summed E-state index contributed by atoms with van der Waals surface area (Å²) < 4.78 is 101. The van der Waals surface area contributed by atoms with Gasteiger partial charge in [0.25, 0.3) is 20.2 Å². The van der Waals surface area contributed by atoms with E-state index in [1.165, 1.54) is 41.5 Å². The highest BCUT2D eigenvalue weighted by atomic mass is 32.2. The van der Waals surface area contributed by atoms with E-state index in [1.54, 1.807) is 12.1 Å². The second kappa shape index (κ2) is 25.7. The monoisotopic (exact) mass is 1230 g/mol. The summed E-state index contributed by atoms with van der Waals surface area (Å²) in [6, 6.07) is 9.22. The number of nitrogens with one attached hydrogen (secondary N) is 2. The molecule has 1 fully saturated rings. The zero-order chi connectivity index (χ0) is 59.3. The summed E-state index contributed by atoms with van der Waals surface area (Å²) in [6.07, 6.45) is 14.7. The number of unbranched alkanes of at least 4 members (excludes halogenated alkanes) is 5. The van der Waals surface area contributed by atoms with Crippen LogP contribution in [0, 0.1) is 0 Å². The Hall–Kier alpha value is -4.58. The van der Waals surface area contributed by atoms with E-state index in [0.29, 0.717) is 56.0 Å². The van der Waals surface area contributed by atoms with E-state index in [4.69, 9.17) is 14.5 Å². The fraction of sp³-hybridized carbons (Fsp3) is 0.490. The van der Waals surface area contributed by atoms with Gasteiger partial charge in [-0.15, -0.1) is 0 Å². The summed E-state index contributed by atoms with van der Waals surface area (Å²) in [6.45, 7) is 11.4. The van der Waals surface area contributed by atoms with Crippen molar-refractivity contribution in [3.8, 4) is 0 Å². The summed E-state index contributed by atoms with van der Waals surface area (Å²) in [5.74, 6) is 0.396. The van der Waals surface area contributed by atoms with Gasteiger partial charge in [0.1, 0.15) is 31.8 Å². The molecule has 1 amide bonds. The number of anilines is 2. The fourth-order valence-corrected chi connectivity index (χ4v) is 14.2. The third kappa shape index (κ3) is 16.0. The summed E-state index contributed by atoms with van der Waals surface area (Å²) in [5.41, 5.74) is 4.59. The number of ether oxygens (including phenoxy) is 1. The maximum Gasteiger partial charge on any atom is 0.549 e. The van der Waals surface area contributed by atoms with Crippen molar-refractivity contribution in [3.63, 3.8) is 0 Å². The zero-order valence-electron chi connectivity index (χ0n) is 45.0. The number of aromatic nitrogens is 4. The number of nitrogens with zero attached hydrogens (tertiary/aromatic N) is 6. The molecular formula is C49H68N8O19P3S2+. The predicted molar refractivity (Wildman–Crippen MR) is 294 cm³/mol. The lowest BCUT2D eigenvalue weighted by Crippen LogP contribution is -2.28. The molecule has 0 spiro atoms. The fourth-order valence-electron chi connectivity index (χ4n) is 10.1. The molecule has 7 rings (SSSR count). The highest BCUT2D eigenvalue weighted by molar-refractivity contribution is 7.86. The highest BCUT2D eigenvalue weighted by Crippen LogP contribution is 2.69. The molecule has 444 valence electrons. The third-order valence-electron chi connectivity index (χ3n) is 14.1. The number of aliphatic hydroxyl groups excluding tert-OH is 1. The van der Waals surface area contributed by atoms with Crippen molar-refractivity contribution in [2.24, 2.45) is 0 Å². The molecule has 4 aromatic rings. The minimum atomic E-state index is -5.73. The Bertz CT molecular complexity index is 3370. The van der Waals surface area contributed by atoms with Crippen LogP contribution in [-0.2, 0) is 58.3 Å². The second-order valence-corrected chi connectivity index (χ2v) is 27.8. The van der Waals surface area contributed by atoms with Crippen LogP contribution in [0.3, 0.4) is 0 Å². The molecule has 0 radical (unpaired) electrons. The normalized spacial score (nSPS) is 21.1. The molecule has 81 heavy (non-hydrogen) atoms. The van der Waals surface area contributed by atoms with Crippen LogP contribution >= 0.6 is 24.2 Å². The molecule has 27 nitrogen and oxygen atoms in total. The van der Waals surface area contributed by atoms with Crippen LogP contribution < -0.4 is 25.3 Å². The molecule has 5 heterocycles. The number of imidazole rings is 1. The molecule has 3 aliphatic heterocycles. The molecule has 5 atom stereocenters. The number of amides is 1. The van der Waals surface area contributed by atoms with Crippen LogP contribution in [0.1, 0.15) is 110 Å². The first-order valence-electron chi connectivity index (χ1n) is 25.8. The molecule has 1 saturated heterocycles. The van der Waals surface area contributed by atoms with E-state index in [-0.39, 0.29) is 22.1 Å². The Morgan fingerprint density at radius 3 is 2.23 bits per heavy atom. The second-order valence-electron chi connectivity index (χ2n) is 20.5. The smallest absolute Gasteiger partial charge is 0.549 e. The lowest BCUT2D eigenvalue weighted by atomic mass is 9.81. The summed E-state index contributed by atoms with van der Waals surface area (Å²) in [4.78, 5) is 87.1. The number of hydrogen-bond donors (Lipinski definition) is 9. The number of likely N-dealkylation sites (N-methyl/N-ethyl adjacent to an activating group) is 1. The standard InChI is InChI=1S/C49H67N8O19P3S2/c1-6-55-37-22-20-33(80(67,68)69)27-35(37)48(2,3)41(55)17-11-9-12-18-42-49(4,5)36-28-34(81(70,71)72)21-23-38(36)56(42)26-16-10-13-19-43(59)50-24-14-7-8-15-25-51-46-45-47(53-31-52-46)57(32-54-45)44-29-39(58)40(74-44)30-73-78(63,64)76-79(65,66)75-77(60,61)62/h9,11-12,17-18,20-23,27-28,31-32,39-40,44,58H,6-8,10,13-16,19,24-26,29-30H2,1-5H3,(H7-,50,51,52,53,59,60,61,62,63,64,65,66,67,68,69,70,71,72)/p+1/t39-,40+,44+/m0/s1. The molecule has 0 bridgehead atoms. The van der Waals surface area contributed by atoms with Gasteiger partial charge in [0.05, 0.1) is 27.6 Å². The first kappa shape index (κ1) is 64.0. The minimum absolute atomic E-state index is 0.0443. The number of hydrogen-bond acceptors (Lipinski definition) is 21. The lowest BCUT2D eigenvalue weighted by Gasteiger charge is -2.25. The number of phosphoric acid groups is 3. The molecule has 2 aromatic carbocycles. The molecule has 2 aromatic heterocycles. The van der Waals surface area contributed by atoms with Gasteiger partial charge in [-0.1, -0.05) is 53.5 Å². The zero-order valence-corrected chi connectivity index (χ0v) is 49.3. The molecule has 0 saturated carbocycles. The Labute approximate surface area is 470 Å². The Morgan fingerprint density at radius 1 is 0.889 bits per heavy atom. The van der Waals surface area contributed by atoms with E-state index in [9.17, 15) is 60.0 Å². The van der Waals surface area contributed by atoms with Gasteiger partial charge >= 0.3 is 24.2 Å². The van der Waals surface area contributed by atoms with Crippen molar-refractivity contribution in [2.45, 2.75) is 131 Å². The Kier molecular flexibility index (Phi) is 20.3. The van der Waals surface area contributed by atoms with E-state index in [2.05, 4.69) is 48.2 Å². The number of carbonyl (C=O) groups excluding carboxylic acids is 1. The molecule has 0 aliphatic carbocycles. The number of allylic oxidation sites excluding steroid dienone is 6. The van der Waals surface area contributed by atoms with Gasteiger partial charge in [0.2, 0.25) is 11.6 Å². The van der Waals surface area contributed by atoms with Crippen molar-refractivity contribution in [2.75, 3.05) is 43.0 Å². The van der Waals surface area contributed by atoms with Gasteiger partial charge in [0, 0.05) is 73.4 Å². The Balaban J connectivity index is 0.841. The molecular weight excluding hydrogens is 1160 g/mol. The van der Waals surface area contributed by atoms with E-state index in [1.807, 2.05) is 65.0 Å². The highest BCUT2D eigenvalue weighted by Gasteiger charge is 2.49. The van der Waals surface area contributed by atoms with Gasteiger partial charge in [-0.25, -0.2) is 19.5 Å². The molecule has 32 heteroatoms. The van der Waals surface area contributed by atoms with Crippen LogP contribution in [0.2, 0.25) is 0 Å². The van der Waals surface area contributed by atoms with Gasteiger partial charge < -0.3 is 35.2 Å². The van der Waals surface area contributed by atoms with E-state index >= 15 is 0 Å². The van der Waals surface area contributed by atoms with E-state index < -0.39 is 80.3 Å². The maximum absolute atomic E-state index is 12.8. The van der Waals surface area contributed by atoms with Crippen molar-refractivity contribution in [1.82, 2.24) is 24.8 Å². The molecule has 9 N–H and O–H groups in total. The van der Waals surface area contributed by atoms with E-state index in [0.717, 1.165) is 72.4 Å². The number of rotatable bonds is 28. The van der Waals surface area contributed by atoms with Gasteiger partial charge in [0.15, 0.2) is 22.7 Å². The minimum Gasteiger partial charge on any atom is -0.606 e. The number of fused-ring (bicyclic) bond motifs is 3. The van der Waals surface area contributed by atoms with Gasteiger partial charge in [-0.2, -0.15) is 40.6 Å². The van der Waals surface area contributed by atoms with Gasteiger partial charge in [-0.3, -0.25) is 23.4 Å². The third-order valence-corrected chi connectivity index (χ3v) is 19.6. The summed E-state index contributed by atoms with van der Waals surface area (Å²) >= 11 is 0. The SMILES string of the molecule is CCN1C(=CC=CC=CC2=[N+](CCCCCC(=O)NCCCCCCNc3ncnc4c3ncn4[C@H]3C[C@H](O)[C@@H](CO[P+]([O-])(O)OP(=O)(O)O[P+]([O-])(O)O)O3)c3ccc(S(=O)(=O)O)cc3C2(C)C)C(C)(C)c2cc(S(=O)(=O)O)ccc21. The Morgan fingerprint density at radius 2 is 1.56 bits per heavy atom. The maximum atomic E-state index is 12.8. The number of carbonyl (C=O) groups is 1. The predicted octanol–water partition coefficient (Wildman–Crippen LogP) is 4.71. The first-order chi connectivity index (χ1) is 37.8. The number of aliphatic hydroxyl groups is 1. The van der Waals surface area contributed by atoms with Crippen LogP contribution in [0.5, 0.6) is 0 Å². The van der Waals surface area contributed by atoms with Gasteiger partial charge in [-0.05, 0) is 88.4 Å². The van der Waals surface area contributed by atoms with Crippen LogP contribution in [0.25, 0.3) is 11.2 Å².